The molecule has 1 unspecified atom stereocenters. The van der Waals surface area contributed by atoms with E-state index in [0.29, 0.717) is 39.1 Å². The molecule has 0 aromatic heterocycles. The molecule has 0 amide bonds. The summed E-state index contributed by atoms with van der Waals surface area (Å²) in [5.74, 6) is 0. The van der Waals surface area contributed by atoms with Crippen molar-refractivity contribution in [1.82, 2.24) is 0 Å². The lowest BCUT2D eigenvalue weighted by molar-refractivity contribution is 0.0755. The maximum atomic E-state index is 5.38. The Kier molecular flexibility index (Phi) is 7.44. The molecule has 1 atom stereocenters. The number of hydrogen-bond acceptors (Lipinski definition) is 5. The van der Waals surface area contributed by atoms with Crippen molar-refractivity contribution < 1.29 is 23.0 Å². The zero-order valence-corrected chi connectivity index (χ0v) is 10.2. The molecule has 0 aromatic carbocycles. The molecule has 1 heterocycles. The van der Waals surface area contributed by atoms with E-state index in [1.165, 1.54) is 0 Å². The zero-order valence-electron chi connectivity index (χ0n) is 9.31. The van der Waals surface area contributed by atoms with E-state index in [9.17, 15) is 0 Å². The van der Waals surface area contributed by atoms with Gasteiger partial charge in [0.2, 0.25) is 0 Å². The van der Waals surface area contributed by atoms with E-state index in [2.05, 4.69) is 0 Å². The SMILES string of the molecule is CCOP(OCC)OCCOCC1CO1. The average Bonchev–Trinajstić information content (AvgIpc) is 3.02. The Morgan fingerprint density at radius 2 is 1.80 bits per heavy atom. The van der Waals surface area contributed by atoms with Crippen molar-refractivity contribution >= 4 is 8.60 Å². The van der Waals surface area contributed by atoms with Crippen LogP contribution in [-0.2, 0) is 23.0 Å². The molecule has 1 rings (SSSR count). The second-order valence-electron chi connectivity index (χ2n) is 2.92. The van der Waals surface area contributed by atoms with E-state index >= 15 is 0 Å². The predicted molar refractivity (Wildman–Crippen MR) is 56.7 cm³/mol. The second kappa shape index (κ2) is 8.39. The molecule has 6 heteroatoms. The molecule has 0 spiro atoms. The van der Waals surface area contributed by atoms with Crippen LogP contribution in [0.4, 0.5) is 0 Å². The first-order valence-corrected chi connectivity index (χ1v) is 6.34. The first-order valence-electron chi connectivity index (χ1n) is 5.25. The van der Waals surface area contributed by atoms with Crippen LogP contribution in [0.25, 0.3) is 0 Å². The lowest BCUT2D eigenvalue weighted by atomic mass is 10.5. The lowest BCUT2D eigenvalue weighted by Crippen LogP contribution is -2.07. The summed E-state index contributed by atoms with van der Waals surface area (Å²) >= 11 is 0. The molecule has 1 aliphatic rings. The van der Waals surface area contributed by atoms with Crippen LogP contribution in [0.3, 0.4) is 0 Å². The molecule has 5 nitrogen and oxygen atoms in total. The Hall–Kier alpha value is 0.230. The summed E-state index contributed by atoms with van der Waals surface area (Å²) in [7, 11) is -1.19. The molecule has 0 bridgehead atoms. The van der Waals surface area contributed by atoms with Gasteiger partial charge in [-0.25, -0.2) is 0 Å². The van der Waals surface area contributed by atoms with E-state index in [-0.39, 0.29) is 0 Å². The average molecular weight is 238 g/mol. The van der Waals surface area contributed by atoms with Crippen LogP contribution in [0.2, 0.25) is 0 Å². The highest BCUT2D eigenvalue weighted by atomic mass is 31.2. The molecule has 0 aliphatic carbocycles. The van der Waals surface area contributed by atoms with Gasteiger partial charge in [-0.05, 0) is 13.8 Å². The van der Waals surface area contributed by atoms with Crippen LogP contribution in [0, 0.1) is 0 Å². The number of hydrogen-bond donors (Lipinski definition) is 0. The maximum Gasteiger partial charge on any atom is 0.332 e. The fraction of sp³-hybridized carbons (Fsp3) is 1.00. The van der Waals surface area contributed by atoms with Gasteiger partial charge in [0.15, 0.2) is 0 Å². The lowest BCUT2D eigenvalue weighted by Gasteiger charge is -2.14. The molecule has 90 valence electrons. The minimum atomic E-state index is -1.19. The third-order valence-corrected chi connectivity index (χ3v) is 2.93. The highest BCUT2D eigenvalue weighted by Gasteiger charge is 2.22. The third kappa shape index (κ3) is 7.17. The molecular formula is C9H19O5P. The van der Waals surface area contributed by atoms with Crippen molar-refractivity contribution in [2.24, 2.45) is 0 Å². The molecule has 1 saturated heterocycles. The first kappa shape index (κ1) is 13.3. The van der Waals surface area contributed by atoms with Crippen LogP contribution in [0.1, 0.15) is 13.8 Å². The molecule has 1 fully saturated rings. The number of ether oxygens (including phenoxy) is 2. The van der Waals surface area contributed by atoms with E-state index in [4.69, 9.17) is 23.0 Å². The molecule has 15 heavy (non-hydrogen) atoms. The van der Waals surface area contributed by atoms with Gasteiger partial charge in [0.25, 0.3) is 0 Å². The summed E-state index contributed by atoms with van der Waals surface area (Å²) < 4.78 is 26.2. The monoisotopic (exact) mass is 238 g/mol. The van der Waals surface area contributed by atoms with Gasteiger partial charge in [0, 0.05) is 0 Å². The third-order valence-electron chi connectivity index (χ3n) is 1.60. The Balaban J connectivity index is 1.89. The highest BCUT2D eigenvalue weighted by molar-refractivity contribution is 7.41. The number of rotatable bonds is 10. The summed E-state index contributed by atoms with van der Waals surface area (Å²) in [6.07, 6.45) is 0.310. The summed E-state index contributed by atoms with van der Waals surface area (Å²) in [4.78, 5) is 0. The maximum absolute atomic E-state index is 5.38. The van der Waals surface area contributed by atoms with Gasteiger partial charge in [-0.2, -0.15) is 0 Å². The van der Waals surface area contributed by atoms with E-state index < -0.39 is 8.60 Å². The Morgan fingerprint density at radius 1 is 1.13 bits per heavy atom. The van der Waals surface area contributed by atoms with Crippen molar-refractivity contribution in [1.29, 1.82) is 0 Å². The summed E-state index contributed by atoms with van der Waals surface area (Å²) in [6.45, 7) is 7.56. The van der Waals surface area contributed by atoms with Gasteiger partial charge in [0.1, 0.15) is 6.10 Å². The highest BCUT2D eigenvalue weighted by Crippen LogP contribution is 2.38. The second-order valence-corrected chi connectivity index (χ2v) is 4.14. The van der Waals surface area contributed by atoms with E-state index in [1.54, 1.807) is 0 Å². The van der Waals surface area contributed by atoms with Gasteiger partial charge < -0.3 is 23.0 Å². The Labute approximate surface area is 92.0 Å². The quantitative estimate of drug-likeness (QED) is 0.329. The van der Waals surface area contributed by atoms with Crippen LogP contribution in [-0.4, -0.2) is 45.7 Å². The smallest absolute Gasteiger partial charge is 0.332 e. The zero-order chi connectivity index (χ0) is 10.9. The van der Waals surface area contributed by atoms with Gasteiger partial charge in [0.05, 0.1) is 39.6 Å². The van der Waals surface area contributed by atoms with E-state index in [1.807, 2.05) is 13.8 Å². The standard InChI is InChI=1S/C9H19O5P/c1-3-12-15(13-4-2)14-6-5-10-7-9-8-11-9/h9H,3-8H2,1-2H3. The summed E-state index contributed by atoms with van der Waals surface area (Å²) in [5.41, 5.74) is 0. The molecule has 0 N–H and O–H groups in total. The van der Waals surface area contributed by atoms with Crippen molar-refractivity contribution in [3.05, 3.63) is 0 Å². The minimum absolute atomic E-state index is 0.310. The molecular weight excluding hydrogens is 219 g/mol. The van der Waals surface area contributed by atoms with Crippen LogP contribution in [0.15, 0.2) is 0 Å². The minimum Gasteiger partial charge on any atom is -0.376 e. The Bertz CT molecular complexity index is 147. The fourth-order valence-electron chi connectivity index (χ4n) is 0.872. The van der Waals surface area contributed by atoms with Gasteiger partial charge in [-0.15, -0.1) is 0 Å². The molecule has 0 saturated carbocycles. The van der Waals surface area contributed by atoms with Crippen molar-refractivity contribution in [2.45, 2.75) is 20.0 Å². The number of epoxide rings is 1. The summed E-state index contributed by atoms with van der Waals surface area (Å²) in [6, 6.07) is 0. The van der Waals surface area contributed by atoms with Crippen LogP contribution >= 0.6 is 8.60 Å². The topological polar surface area (TPSA) is 49.5 Å². The van der Waals surface area contributed by atoms with Gasteiger partial charge >= 0.3 is 8.60 Å². The predicted octanol–water partition coefficient (Wildman–Crippen LogP) is 1.72. The molecule has 0 aromatic rings. The Morgan fingerprint density at radius 3 is 2.33 bits per heavy atom. The summed E-state index contributed by atoms with van der Waals surface area (Å²) in [5, 5.41) is 0. The fourth-order valence-corrected chi connectivity index (χ4v) is 1.74. The van der Waals surface area contributed by atoms with E-state index in [0.717, 1.165) is 6.61 Å². The van der Waals surface area contributed by atoms with Crippen LogP contribution in [0.5, 0.6) is 0 Å². The molecule has 0 radical (unpaired) electrons. The van der Waals surface area contributed by atoms with Crippen molar-refractivity contribution in [3.8, 4) is 0 Å². The first-order chi connectivity index (χ1) is 7.36. The van der Waals surface area contributed by atoms with Gasteiger partial charge in [-0.3, -0.25) is 0 Å². The normalized spacial score (nSPS) is 19.8. The largest absolute Gasteiger partial charge is 0.376 e. The van der Waals surface area contributed by atoms with Crippen molar-refractivity contribution in [2.75, 3.05) is 39.6 Å². The molecule has 1 aliphatic heterocycles. The van der Waals surface area contributed by atoms with Crippen LogP contribution < -0.4 is 0 Å². The van der Waals surface area contributed by atoms with Gasteiger partial charge in [-0.1, -0.05) is 0 Å². The van der Waals surface area contributed by atoms with Crippen molar-refractivity contribution in [3.63, 3.8) is 0 Å².